The van der Waals surface area contributed by atoms with E-state index in [1.165, 1.54) is 0 Å². The Kier molecular flexibility index (Phi) is 6.84. The first-order chi connectivity index (χ1) is 5.57. The topological polar surface area (TPSA) is 66.5 Å². The highest BCUT2D eigenvalue weighted by Crippen LogP contribution is 2.15. The van der Waals surface area contributed by atoms with E-state index in [9.17, 15) is 0 Å². The maximum absolute atomic E-state index is 9.15. The van der Waals surface area contributed by atoms with Gasteiger partial charge in [0.15, 0.2) is 0 Å². The summed E-state index contributed by atoms with van der Waals surface area (Å²) in [5, 5.41) is 17.9. The molecular formula is C8H19NO2S. The number of nitrogens with two attached hydrogens (primary N) is 1. The average molecular weight is 193 g/mol. The summed E-state index contributed by atoms with van der Waals surface area (Å²) in [6, 6.07) is 0.0428. The van der Waals surface area contributed by atoms with Crippen LogP contribution >= 0.6 is 11.8 Å². The van der Waals surface area contributed by atoms with E-state index in [0.717, 1.165) is 5.75 Å². The zero-order chi connectivity index (χ0) is 9.56. The van der Waals surface area contributed by atoms with Crippen LogP contribution in [0.1, 0.15) is 20.3 Å². The molecule has 0 aromatic heterocycles. The number of hydrogen-bond acceptors (Lipinski definition) is 4. The first-order valence-corrected chi connectivity index (χ1v) is 5.29. The molecule has 0 spiro atoms. The largest absolute Gasteiger partial charge is 0.396 e. The van der Waals surface area contributed by atoms with E-state index in [1.54, 1.807) is 18.7 Å². The molecule has 74 valence electrons. The number of rotatable bonds is 6. The Morgan fingerprint density at radius 2 is 2.00 bits per heavy atom. The van der Waals surface area contributed by atoms with E-state index in [4.69, 9.17) is 15.9 Å². The Balaban J connectivity index is 3.40. The number of aliphatic hydroxyl groups is 2. The van der Waals surface area contributed by atoms with Crippen molar-refractivity contribution in [3.05, 3.63) is 0 Å². The fourth-order valence-corrected chi connectivity index (χ4v) is 1.66. The monoisotopic (exact) mass is 193 g/mol. The Bertz CT molecular complexity index is 111. The van der Waals surface area contributed by atoms with Crippen molar-refractivity contribution in [2.24, 2.45) is 5.73 Å². The van der Waals surface area contributed by atoms with Gasteiger partial charge in [0.2, 0.25) is 0 Å². The van der Waals surface area contributed by atoms with Crippen molar-refractivity contribution in [1.82, 2.24) is 0 Å². The summed E-state index contributed by atoms with van der Waals surface area (Å²) < 4.78 is 0. The molecule has 3 atom stereocenters. The summed E-state index contributed by atoms with van der Waals surface area (Å²) in [6.45, 7) is 3.89. The van der Waals surface area contributed by atoms with Crippen molar-refractivity contribution in [3.63, 3.8) is 0 Å². The summed E-state index contributed by atoms with van der Waals surface area (Å²) in [6.07, 6.45) is 0.343. The van der Waals surface area contributed by atoms with Crippen LogP contribution in [0.25, 0.3) is 0 Å². The van der Waals surface area contributed by atoms with Crippen LogP contribution in [0, 0.1) is 0 Å². The highest BCUT2D eigenvalue weighted by atomic mass is 32.2. The Labute approximate surface area is 78.3 Å². The van der Waals surface area contributed by atoms with Crippen molar-refractivity contribution >= 4 is 11.8 Å². The van der Waals surface area contributed by atoms with Crippen LogP contribution in [0.2, 0.25) is 0 Å². The first-order valence-electron chi connectivity index (χ1n) is 4.24. The van der Waals surface area contributed by atoms with Crippen molar-refractivity contribution in [2.45, 2.75) is 37.7 Å². The Hall–Kier alpha value is 0.230. The quantitative estimate of drug-likeness (QED) is 0.564. The van der Waals surface area contributed by atoms with Gasteiger partial charge in [0.05, 0.1) is 6.10 Å². The molecule has 0 amide bonds. The second-order valence-electron chi connectivity index (χ2n) is 3.05. The van der Waals surface area contributed by atoms with Gasteiger partial charge in [-0.25, -0.2) is 0 Å². The molecule has 12 heavy (non-hydrogen) atoms. The van der Waals surface area contributed by atoms with Gasteiger partial charge in [-0.1, -0.05) is 6.92 Å². The second-order valence-corrected chi connectivity index (χ2v) is 4.46. The van der Waals surface area contributed by atoms with Crippen LogP contribution in [-0.4, -0.2) is 40.0 Å². The molecule has 4 heteroatoms. The molecule has 0 aromatic carbocycles. The molecule has 4 N–H and O–H groups in total. The van der Waals surface area contributed by atoms with E-state index in [0.29, 0.717) is 6.42 Å². The average Bonchev–Trinajstić information content (AvgIpc) is 2.00. The third-order valence-electron chi connectivity index (χ3n) is 1.75. The predicted molar refractivity (Wildman–Crippen MR) is 53.3 cm³/mol. The first kappa shape index (κ1) is 12.2. The molecular weight excluding hydrogens is 174 g/mol. The van der Waals surface area contributed by atoms with E-state index < -0.39 is 0 Å². The van der Waals surface area contributed by atoms with Crippen LogP contribution in [0.4, 0.5) is 0 Å². The highest BCUT2D eigenvalue weighted by molar-refractivity contribution is 7.99. The third-order valence-corrected chi connectivity index (χ3v) is 3.29. The van der Waals surface area contributed by atoms with Crippen molar-refractivity contribution in [2.75, 3.05) is 12.4 Å². The van der Waals surface area contributed by atoms with Gasteiger partial charge in [0.25, 0.3) is 0 Å². The fraction of sp³-hybridized carbons (Fsp3) is 1.00. The van der Waals surface area contributed by atoms with Gasteiger partial charge < -0.3 is 15.9 Å². The Morgan fingerprint density at radius 3 is 2.42 bits per heavy atom. The van der Waals surface area contributed by atoms with Gasteiger partial charge in [0, 0.05) is 23.7 Å². The van der Waals surface area contributed by atoms with Crippen molar-refractivity contribution in [1.29, 1.82) is 0 Å². The van der Waals surface area contributed by atoms with Crippen LogP contribution in [0.5, 0.6) is 0 Å². The standard InChI is InChI=1S/C8H19NO2S/c1-6(11)7(2)12-5-8(9)3-4-10/h6-8,10-11H,3-5,9H2,1-2H3. The molecule has 0 fully saturated rings. The summed E-state index contributed by atoms with van der Waals surface area (Å²) in [4.78, 5) is 0. The molecule has 0 aliphatic rings. The SMILES string of the molecule is CC(O)C(C)SCC(N)CCO. The normalized spacial score (nSPS) is 18.8. The molecule has 3 nitrogen and oxygen atoms in total. The number of aliphatic hydroxyl groups excluding tert-OH is 2. The van der Waals surface area contributed by atoms with Gasteiger partial charge in [-0.3, -0.25) is 0 Å². The highest BCUT2D eigenvalue weighted by Gasteiger charge is 2.10. The minimum Gasteiger partial charge on any atom is -0.396 e. The van der Waals surface area contributed by atoms with E-state index in [1.807, 2.05) is 6.92 Å². The lowest BCUT2D eigenvalue weighted by molar-refractivity contribution is 0.196. The molecule has 0 aliphatic carbocycles. The molecule has 0 heterocycles. The lowest BCUT2D eigenvalue weighted by Crippen LogP contribution is -2.26. The predicted octanol–water partition coefficient (Wildman–Crippen LogP) is 0.199. The smallest absolute Gasteiger partial charge is 0.0628 e. The molecule has 3 unspecified atom stereocenters. The van der Waals surface area contributed by atoms with Crippen molar-refractivity contribution < 1.29 is 10.2 Å². The molecule has 0 radical (unpaired) electrons. The summed E-state index contributed by atoms with van der Waals surface area (Å²) in [5.74, 6) is 0.798. The summed E-state index contributed by atoms with van der Waals surface area (Å²) in [5.41, 5.74) is 5.67. The van der Waals surface area contributed by atoms with Crippen LogP contribution < -0.4 is 5.73 Å². The zero-order valence-electron chi connectivity index (χ0n) is 7.73. The van der Waals surface area contributed by atoms with E-state index >= 15 is 0 Å². The molecule has 0 saturated carbocycles. The molecule has 0 rings (SSSR count). The fourth-order valence-electron chi connectivity index (χ4n) is 0.664. The summed E-state index contributed by atoms with van der Waals surface area (Å²) in [7, 11) is 0. The molecule has 0 saturated heterocycles. The van der Waals surface area contributed by atoms with Gasteiger partial charge in [0.1, 0.15) is 0 Å². The lowest BCUT2D eigenvalue weighted by Gasteiger charge is -2.16. The number of hydrogen-bond donors (Lipinski definition) is 3. The summed E-state index contributed by atoms with van der Waals surface area (Å²) >= 11 is 1.65. The molecule has 0 aromatic rings. The van der Waals surface area contributed by atoms with E-state index in [-0.39, 0.29) is 24.0 Å². The van der Waals surface area contributed by atoms with Gasteiger partial charge in [-0.2, -0.15) is 11.8 Å². The van der Waals surface area contributed by atoms with Crippen molar-refractivity contribution in [3.8, 4) is 0 Å². The maximum atomic E-state index is 9.15. The number of thioether (sulfide) groups is 1. The van der Waals surface area contributed by atoms with Crippen LogP contribution in [0.15, 0.2) is 0 Å². The minimum absolute atomic E-state index is 0.0428. The van der Waals surface area contributed by atoms with E-state index in [2.05, 4.69) is 0 Å². The van der Waals surface area contributed by atoms with Crippen LogP contribution in [0.3, 0.4) is 0 Å². The zero-order valence-corrected chi connectivity index (χ0v) is 8.55. The lowest BCUT2D eigenvalue weighted by atomic mass is 10.3. The van der Waals surface area contributed by atoms with Crippen LogP contribution in [-0.2, 0) is 0 Å². The second kappa shape index (κ2) is 6.71. The molecule has 0 bridgehead atoms. The maximum Gasteiger partial charge on any atom is 0.0628 e. The molecule has 0 aliphatic heterocycles. The minimum atomic E-state index is -0.295. The van der Waals surface area contributed by atoms with Gasteiger partial charge in [-0.15, -0.1) is 0 Å². The van der Waals surface area contributed by atoms with Gasteiger partial charge in [-0.05, 0) is 13.3 Å². The van der Waals surface area contributed by atoms with Gasteiger partial charge >= 0.3 is 0 Å². The Morgan fingerprint density at radius 1 is 1.42 bits per heavy atom. The third kappa shape index (κ3) is 5.83.